The third kappa shape index (κ3) is 3.44. The monoisotopic (exact) mass is 255 g/mol. The Labute approximate surface area is 114 Å². The van der Waals surface area contributed by atoms with Gasteiger partial charge in [0.1, 0.15) is 0 Å². The summed E-state index contributed by atoms with van der Waals surface area (Å²) in [7, 11) is 0. The maximum Gasteiger partial charge on any atom is 0.0490 e. The van der Waals surface area contributed by atoms with E-state index in [4.69, 9.17) is 0 Å². The van der Waals surface area contributed by atoms with Crippen molar-refractivity contribution < 1.29 is 0 Å². The first-order valence-corrected chi connectivity index (χ1v) is 7.15. The van der Waals surface area contributed by atoms with E-state index >= 15 is 0 Å². The summed E-state index contributed by atoms with van der Waals surface area (Å²) in [4.78, 5) is 2.58. The Balaban J connectivity index is 1.56. The Bertz CT molecular complexity index is 478. The van der Waals surface area contributed by atoms with Gasteiger partial charge in [-0.1, -0.05) is 30.3 Å². The van der Waals surface area contributed by atoms with Crippen molar-refractivity contribution in [1.82, 2.24) is 15.1 Å². The van der Waals surface area contributed by atoms with Gasteiger partial charge in [-0.3, -0.25) is 10.00 Å². The second-order valence-electron chi connectivity index (χ2n) is 5.51. The van der Waals surface area contributed by atoms with Gasteiger partial charge >= 0.3 is 0 Å². The fourth-order valence-electron chi connectivity index (χ4n) is 3.01. The summed E-state index contributed by atoms with van der Waals surface area (Å²) in [5.74, 6) is 0.762. The number of nitrogens with one attached hydrogen (secondary N) is 1. The van der Waals surface area contributed by atoms with E-state index < -0.39 is 0 Å². The van der Waals surface area contributed by atoms with Crippen LogP contribution in [0.25, 0.3) is 0 Å². The van der Waals surface area contributed by atoms with E-state index in [1.807, 2.05) is 6.20 Å². The van der Waals surface area contributed by atoms with Crippen LogP contribution in [0.4, 0.5) is 0 Å². The zero-order chi connectivity index (χ0) is 12.9. The van der Waals surface area contributed by atoms with Crippen molar-refractivity contribution in [2.75, 3.05) is 13.1 Å². The highest BCUT2D eigenvalue weighted by Gasteiger charge is 2.20. The topological polar surface area (TPSA) is 31.9 Å². The highest BCUT2D eigenvalue weighted by atomic mass is 15.1. The molecule has 0 unspecified atom stereocenters. The number of aromatic amines is 1. The molecule has 1 aliphatic rings. The van der Waals surface area contributed by atoms with E-state index in [0.29, 0.717) is 0 Å². The molecule has 3 nitrogen and oxygen atoms in total. The first kappa shape index (κ1) is 12.4. The normalized spacial score (nSPS) is 20.5. The molecule has 0 radical (unpaired) electrons. The van der Waals surface area contributed by atoms with Gasteiger partial charge in [0.25, 0.3) is 0 Å². The van der Waals surface area contributed by atoms with Crippen molar-refractivity contribution in [3.63, 3.8) is 0 Å². The van der Waals surface area contributed by atoms with E-state index in [1.54, 1.807) is 0 Å². The second-order valence-corrected chi connectivity index (χ2v) is 5.51. The van der Waals surface area contributed by atoms with Crippen molar-refractivity contribution in [3.8, 4) is 0 Å². The van der Waals surface area contributed by atoms with Crippen molar-refractivity contribution in [2.45, 2.75) is 25.8 Å². The van der Waals surface area contributed by atoms with Gasteiger partial charge in [0, 0.05) is 25.0 Å². The van der Waals surface area contributed by atoms with E-state index in [-0.39, 0.29) is 0 Å². The molecule has 1 aromatic carbocycles. The Hall–Kier alpha value is -1.61. The molecule has 2 heterocycles. The molecule has 0 bridgehead atoms. The Kier molecular flexibility index (Phi) is 3.94. The van der Waals surface area contributed by atoms with Crippen LogP contribution >= 0.6 is 0 Å². The van der Waals surface area contributed by atoms with Crippen LogP contribution in [0.3, 0.4) is 0 Å². The number of benzene rings is 1. The average molecular weight is 255 g/mol. The molecule has 2 aromatic rings. The fourth-order valence-corrected chi connectivity index (χ4v) is 3.01. The van der Waals surface area contributed by atoms with Crippen LogP contribution in [0.1, 0.15) is 24.1 Å². The van der Waals surface area contributed by atoms with Crippen molar-refractivity contribution in [3.05, 3.63) is 53.9 Å². The molecule has 1 aromatic heterocycles. The number of hydrogen-bond acceptors (Lipinski definition) is 2. The van der Waals surface area contributed by atoms with Crippen LogP contribution in [0.15, 0.2) is 42.6 Å². The second kappa shape index (κ2) is 6.02. The first-order chi connectivity index (χ1) is 9.40. The van der Waals surface area contributed by atoms with Gasteiger partial charge in [-0.15, -0.1) is 0 Å². The molecule has 3 heteroatoms. The molecule has 1 saturated heterocycles. The van der Waals surface area contributed by atoms with Gasteiger partial charge in [0.05, 0.1) is 0 Å². The number of H-pyrrole nitrogens is 1. The predicted octanol–water partition coefficient (Wildman–Crippen LogP) is 2.86. The molecule has 1 atom stereocenters. The van der Waals surface area contributed by atoms with Crippen LogP contribution < -0.4 is 0 Å². The quantitative estimate of drug-likeness (QED) is 0.911. The lowest BCUT2D eigenvalue weighted by Gasteiger charge is -2.32. The molecule has 100 valence electrons. The average Bonchev–Trinajstić information content (AvgIpc) is 2.93. The molecule has 0 saturated carbocycles. The van der Waals surface area contributed by atoms with Crippen molar-refractivity contribution in [1.29, 1.82) is 0 Å². The number of piperidine rings is 1. The minimum absolute atomic E-state index is 0.762. The van der Waals surface area contributed by atoms with E-state index in [1.165, 1.54) is 37.2 Å². The maximum absolute atomic E-state index is 4.04. The molecular weight excluding hydrogens is 234 g/mol. The van der Waals surface area contributed by atoms with Crippen LogP contribution in [0.5, 0.6) is 0 Å². The van der Waals surface area contributed by atoms with Gasteiger partial charge in [-0.05, 0) is 43.4 Å². The summed E-state index contributed by atoms with van der Waals surface area (Å²) in [6, 6.07) is 12.9. The molecule has 1 aliphatic heterocycles. The molecule has 3 rings (SSSR count). The van der Waals surface area contributed by atoms with Crippen LogP contribution in [0, 0.1) is 5.92 Å². The summed E-state index contributed by atoms with van der Waals surface area (Å²) < 4.78 is 0. The Morgan fingerprint density at radius 3 is 2.89 bits per heavy atom. The molecule has 0 spiro atoms. The highest BCUT2D eigenvalue weighted by molar-refractivity contribution is 5.14. The summed E-state index contributed by atoms with van der Waals surface area (Å²) in [5.41, 5.74) is 2.69. The van der Waals surface area contributed by atoms with Crippen LogP contribution in [0.2, 0.25) is 0 Å². The number of rotatable bonds is 4. The molecule has 19 heavy (non-hydrogen) atoms. The molecular formula is C16H21N3. The van der Waals surface area contributed by atoms with Gasteiger partial charge in [-0.25, -0.2) is 0 Å². The summed E-state index contributed by atoms with van der Waals surface area (Å²) in [5, 5.41) is 7.12. The van der Waals surface area contributed by atoms with Crippen molar-refractivity contribution in [2.24, 2.45) is 5.92 Å². The lowest BCUT2D eigenvalue weighted by Crippen LogP contribution is -2.35. The highest BCUT2D eigenvalue weighted by Crippen LogP contribution is 2.21. The minimum atomic E-state index is 0.762. The van der Waals surface area contributed by atoms with E-state index in [9.17, 15) is 0 Å². The first-order valence-electron chi connectivity index (χ1n) is 7.15. The number of likely N-dealkylation sites (tertiary alicyclic amines) is 1. The fraction of sp³-hybridized carbons (Fsp3) is 0.438. The lowest BCUT2D eigenvalue weighted by molar-refractivity contribution is 0.166. The third-order valence-electron chi connectivity index (χ3n) is 3.92. The SMILES string of the molecule is c1ccc(CN2CCC[C@H](Cc3ccn[nH]3)C2)cc1. The zero-order valence-corrected chi connectivity index (χ0v) is 11.3. The number of aromatic nitrogens is 2. The molecule has 1 fully saturated rings. The van der Waals surface area contributed by atoms with Crippen LogP contribution in [-0.2, 0) is 13.0 Å². The number of nitrogens with zero attached hydrogens (tertiary/aromatic N) is 2. The predicted molar refractivity (Wildman–Crippen MR) is 76.7 cm³/mol. The minimum Gasteiger partial charge on any atom is -0.299 e. The van der Waals surface area contributed by atoms with Gasteiger partial charge in [0.15, 0.2) is 0 Å². The summed E-state index contributed by atoms with van der Waals surface area (Å²) in [6.45, 7) is 3.52. The maximum atomic E-state index is 4.04. The lowest BCUT2D eigenvalue weighted by atomic mass is 9.93. The largest absolute Gasteiger partial charge is 0.299 e. The van der Waals surface area contributed by atoms with Gasteiger partial charge in [-0.2, -0.15) is 5.10 Å². The third-order valence-corrected chi connectivity index (χ3v) is 3.92. The standard InChI is InChI=1S/C16H21N3/c1-2-5-14(6-3-1)12-19-10-4-7-15(13-19)11-16-8-9-17-18-16/h1-3,5-6,8-9,15H,4,7,10-13H2,(H,17,18)/t15-/m1/s1. The molecule has 1 N–H and O–H groups in total. The Morgan fingerprint density at radius 2 is 2.11 bits per heavy atom. The molecule has 0 aliphatic carbocycles. The van der Waals surface area contributed by atoms with Gasteiger partial charge in [0.2, 0.25) is 0 Å². The molecule has 0 amide bonds. The van der Waals surface area contributed by atoms with E-state index in [0.717, 1.165) is 18.9 Å². The summed E-state index contributed by atoms with van der Waals surface area (Å²) >= 11 is 0. The van der Waals surface area contributed by atoms with E-state index in [2.05, 4.69) is 51.5 Å². The van der Waals surface area contributed by atoms with Gasteiger partial charge < -0.3 is 0 Å². The van der Waals surface area contributed by atoms with Crippen molar-refractivity contribution >= 4 is 0 Å². The zero-order valence-electron chi connectivity index (χ0n) is 11.3. The smallest absolute Gasteiger partial charge is 0.0490 e. The number of hydrogen-bond donors (Lipinski definition) is 1. The Morgan fingerprint density at radius 1 is 1.21 bits per heavy atom. The van der Waals surface area contributed by atoms with Crippen LogP contribution in [-0.4, -0.2) is 28.2 Å². The summed E-state index contributed by atoms with van der Waals surface area (Å²) in [6.07, 6.45) is 5.63.